The number of hydrogen-bond donors (Lipinski definition) is 2. The SMILES string of the molecule is CCn1cc2c(n1)CCc1c(-c3ccccc3)nn(Cc3ccc(-c4cccc(C(=O)NO)c4)cc3)c1-2. The van der Waals surface area contributed by atoms with E-state index in [-0.39, 0.29) is 0 Å². The molecule has 0 atom stereocenters. The summed E-state index contributed by atoms with van der Waals surface area (Å²) in [5, 5.41) is 18.9. The molecule has 0 fully saturated rings. The first-order valence-electron chi connectivity index (χ1n) is 12.5. The number of carbonyl (C=O) groups is 1. The van der Waals surface area contributed by atoms with Gasteiger partial charge >= 0.3 is 0 Å². The Kier molecular flexibility index (Phi) is 5.90. The number of fused-ring (bicyclic) bond motifs is 3. The van der Waals surface area contributed by atoms with E-state index in [0.29, 0.717) is 12.1 Å². The van der Waals surface area contributed by atoms with Gasteiger partial charge < -0.3 is 0 Å². The number of carbonyl (C=O) groups excluding carboxylic acids is 1. The van der Waals surface area contributed by atoms with Gasteiger partial charge in [0.2, 0.25) is 0 Å². The summed E-state index contributed by atoms with van der Waals surface area (Å²) in [7, 11) is 0. The molecule has 0 bridgehead atoms. The van der Waals surface area contributed by atoms with Crippen LogP contribution in [0.4, 0.5) is 0 Å². The van der Waals surface area contributed by atoms with Crippen molar-refractivity contribution in [3.05, 3.63) is 107 Å². The number of hydroxylamine groups is 1. The van der Waals surface area contributed by atoms with Gasteiger partial charge in [0, 0.05) is 35.0 Å². The maximum absolute atomic E-state index is 11.8. The highest BCUT2D eigenvalue weighted by Gasteiger charge is 2.28. The molecular formula is C30H27N5O2. The molecule has 3 aromatic carbocycles. The Hall–Kier alpha value is -4.49. The van der Waals surface area contributed by atoms with Crippen molar-refractivity contribution in [1.29, 1.82) is 0 Å². The third-order valence-corrected chi connectivity index (χ3v) is 6.97. The Morgan fingerprint density at radius 1 is 0.919 bits per heavy atom. The predicted molar refractivity (Wildman–Crippen MR) is 142 cm³/mol. The average molecular weight is 490 g/mol. The summed E-state index contributed by atoms with van der Waals surface area (Å²) < 4.78 is 4.14. The number of hydrogen-bond acceptors (Lipinski definition) is 4. The van der Waals surface area contributed by atoms with E-state index in [1.54, 1.807) is 17.6 Å². The fourth-order valence-corrected chi connectivity index (χ4v) is 5.11. The van der Waals surface area contributed by atoms with Gasteiger partial charge in [-0.2, -0.15) is 10.2 Å². The molecule has 1 aliphatic carbocycles. The first kappa shape index (κ1) is 22.9. The largest absolute Gasteiger partial charge is 0.288 e. The molecule has 37 heavy (non-hydrogen) atoms. The van der Waals surface area contributed by atoms with Gasteiger partial charge in [0.25, 0.3) is 5.91 Å². The van der Waals surface area contributed by atoms with Crippen LogP contribution in [0.15, 0.2) is 85.1 Å². The lowest BCUT2D eigenvalue weighted by Gasteiger charge is -2.14. The first-order valence-corrected chi connectivity index (χ1v) is 12.5. The van der Waals surface area contributed by atoms with Crippen molar-refractivity contribution in [2.75, 3.05) is 0 Å². The van der Waals surface area contributed by atoms with Crippen molar-refractivity contribution in [3.63, 3.8) is 0 Å². The monoisotopic (exact) mass is 489 g/mol. The number of aromatic nitrogens is 4. The Balaban J connectivity index is 1.37. The Morgan fingerprint density at radius 3 is 2.46 bits per heavy atom. The number of amides is 1. The van der Waals surface area contributed by atoms with E-state index < -0.39 is 5.91 Å². The van der Waals surface area contributed by atoms with Crippen LogP contribution in [-0.4, -0.2) is 30.7 Å². The van der Waals surface area contributed by atoms with Gasteiger partial charge in [0.05, 0.1) is 23.6 Å². The van der Waals surface area contributed by atoms with Crippen LogP contribution in [-0.2, 0) is 25.9 Å². The summed E-state index contributed by atoms with van der Waals surface area (Å²) >= 11 is 0. The summed E-state index contributed by atoms with van der Waals surface area (Å²) in [4.78, 5) is 11.8. The summed E-state index contributed by atoms with van der Waals surface area (Å²) in [5.74, 6) is -0.526. The quantitative estimate of drug-likeness (QED) is 0.248. The molecule has 5 aromatic rings. The highest BCUT2D eigenvalue weighted by molar-refractivity contribution is 5.94. The van der Waals surface area contributed by atoms with Crippen LogP contribution in [0, 0.1) is 0 Å². The molecule has 0 saturated heterocycles. The van der Waals surface area contributed by atoms with Gasteiger partial charge in [-0.05, 0) is 48.6 Å². The van der Waals surface area contributed by atoms with Gasteiger partial charge in [-0.1, -0.05) is 66.7 Å². The third-order valence-electron chi connectivity index (χ3n) is 6.97. The minimum absolute atomic E-state index is 0.407. The van der Waals surface area contributed by atoms with Gasteiger partial charge in [0.1, 0.15) is 0 Å². The zero-order valence-corrected chi connectivity index (χ0v) is 20.6. The zero-order chi connectivity index (χ0) is 25.4. The molecule has 7 nitrogen and oxygen atoms in total. The van der Waals surface area contributed by atoms with E-state index in [9.17, 15) is 4.79 Å². The summed E-state index contributed by atoms with van der Waals surface area (Å²) in [6, 6.07) is 25.9. The third kappa shape index (κ3) is 4.23. The normalized spacial score (nSPS) is 12.2. The highest BCUT2D eigenvalue weighted by Crippen LogP contribution is 2.39. The van der Waals surface area contributed by atoms with Gasteiger partial charge in [-0.15, -0.1) is 0 Å². The van der Waals surface area contributed by atoms with Gasteiger partial charge in [-0.3, -0.25) is 19.4 Å². The maximum atomic E-state index is 11.8. The lowest BCUT2D eigenvalue weighted by atomic mass is 9.92. The molecular weight excluding hydrogens is 462 g/mol. The topological polar surface area (TPSA) is 85.0 Å². The van der Waals surface area contributed by atoms with E-state index in [2.05, 4.69) is 66.3 Å². The van der Waals surface area contributed by atoms with Gasteiger partial charge in [-0.25, -0.2) is 5.48 Å². The maximum Gasteiger partial charge on any atom is 0.274 e. The molecule has 0 radical (unpaired) electrons. The van der Waals surface area contributed by atoms with Crippen molar-refractivity contribution < 1.29 is 10.0 Å². The Bertz CT molecular complexity index is 1580. The van der Waals surface area contributed by atoms with Crippen LogP contribution in [0.3, 0.4) is 0 Å². The minimum Gasteiger partial charge on any atom is -0.288 e. The molecule has 0 aliphatic heterocycles. The molecule has 6 rings (SSSR count). The molecule has 7 heteroatoms. The van der Waals surface area contributed by atoms with Crippen LogP contribution in [0.1, 0.15) is 34.1 Å². The molecule has 184 valence electrons. The number of benzene rings is 3. The second kappa shape index (κ2) is 9.52. The molecule has 2 aromatic heterocycles. The summed E-state index contributed by atoms with van der Waals surface area (Å²) in [6.07, 6.45) is 3.99. The van der Waals surface area contributed by atoms with Crippen molar-refractivity contribution in [1.82, 2.24) is 25.0 Å². The zero-order valence-electron chi connectivity index (χ0n) is 20.6. The molecule has 0 saturated carbocycles. The minimum atomic E-state index is -0.526. The van der Waals surface area contributed by atoms with Crippen molar-refractivity contribution in [2.24, 2.45) is 0 Å². The van der Waals surface area contributed by atoms with Crippen LogP contribution in [0.2, 0.25) is 0 Å². The van der Waals surface area contributed by atoms with Crippen LogP contribution in [0.25, 0.3) is 33.6 Å². The van der Waals surface area contributed by atoms with Crippen LogP contribution in [0.5, 0.6) is 0 Å². The Labute approximate surface area is 215 Å². The smallest absolute Gasteiger partial charge is 0.274 e. The van der Waals surface area contributed by atoms with E-state index in [0.717, 1.165) is 58.7 Å². The molecule has 0 spiro atoms. The Morgan fingerprint density at radius 2 is 1.70 bits per heavy atom. The second-order valence-electron chi connectivity index (χ2n) is 9.26. The lowest BCUT2D eigenvalue weighted by molar-refractivity contribution is 0.0706. The number of nitrogens with one attached hydrogen (secondary N) is 1. The van der Waals surface area contributed by atoms with Crippen LogP contribution < -0.4 is 5.48 Å². The summed E-state index contributed by atoms with van der Waals surface area (Å²) in [6.45, 7) is 3.59. The number of nitrogens with zero attached hydrogens (tertiary/aromatic N) is 4. The van der Waals surface area contributed by atoms with Gasteiger partial charge in [0.15, 0.2) is 0 Å². The average Bonchev–Trinajstić information content (AvgIpc) is 3.55. The fraction of sp³-hybridized carbons (Fsp3) is 0.167. The van der Waals surface area contributed by atoms with Crippen molar-refractivity contribution in [2.45, 2.75) is 32.9 Å². The number of rotatable bonds is 6. The molecule has 0 unspecified atom stereocenters. The molecule has 2 N–H and O–H groups in total. The van der Waals surface area contributed by atoms with Crippen molar-refractivity contribution in [3.8, 4) is 33.6 Å². The summed E-state index contributed by atoms with van der Waals surface area (Å²) in [5.41, 5.74) is 12.1. The second-order valence-corrected chi connectivity index (χ2v) is 9.26. The standard InChI is InChI=1S/C30H27N5O2/c1-2-34-19-26-27(31-34)16-15-25-28(22-7-4-3-5-8-22)32-35(29(25)26)18-20-11-13-21(14-12-20)23-9-6-10-24(17-23)30(36)33-37/h3-14,17,19,37H,2,15-16,18H2,1H3,(H,33,36). The van der Waals surface area contributed by atoms with E-state index in [1.165, 1.54) is 11.1 Å². The molecule has 1 amide bonds. The van der Waals surface area contributed by atoms with E-state index >= 15 is 0 Å². The van der Waals surface area contributed by atoms with E-state index in [1.807, 2.05) is 22.9 Å². The molecule has 2 heterocycles. The number of aryl methyl sites for hydroxylation is 2. The lowest BCUT2D eigenvalue weighted by Crippen LogP contribution is -2.18. The van der Waals surface area contributed by atoms with Crippen LogP contribution >= 0.6 is 0 Å². The predicted octanol–water partition coefficient (Wildman–Crippen LogP) is 5.37. The van der Waals surface area contributed by atoms with Crippen molar-refractivity contribution >= 4 is 5.91 Å². The fourth-order valence-electron chi connectivity index (χ4n) is 5.11. The highest BCUT2D eigenvalue weighted by atomic mass is 16.5. The van der Waals surface area contributed by atoms with E-state index in [4.69, 9.17) is 15.4 Å². The molecule has 1 aliphatic rings. The first-order chi connectivity index (χ1) is 18.1.